The Morgan fingerprint density at radius 2 is 2.36 bits per heavy atom. The Balaban J connectivity index is 2.26. The van der Waals surface area contributed by atoms with Crippen LogP contribution in [0.4, 0.5) is 5.95 Å². The second-order valence-corrected chi connectivity index (χ2v) is 4.74. The molecule has 7 heteroatoms. The largest absolute Gasteiger partial charge is 0.356 e. The van der Waals surface area contributed by atoms with Crippen LogP contribution >= 0.6 is 0 Å². The zero-order valence-corrected chi connectivity index (χ0v) is 8.79. The summed E-state index contributed by atoms with van der Waals surface area (Å²) >= 11 is 0. The van der Waals surface area contributed by atoms with Crippen molar-refractivity contribution in [3.63, 3.8) is 0 Å². The van der Waals surface area contributed by atoms with Gasteiger partial charge >= 0.3 is 0 Å². The topological polar surface area (TPSA) is 90.0 Å². The van der Waals surface area contributed by atoms with Crippen molar-refractivity contribution in [2.75, 3.05) is 17.6 Å². The van der Waals surface area contributed by atoms with Crippen molar-refractivity contribution >= 4 is 16.0 Å². The van der Waals surface area contributed by atoms with E-state index < -0.39 is 10.0 Å². The molecule has 3 N–H and O–H groups in total. The lowest BCUT2D eigenvalue weighted by atomic mass is 10.5. The van der Waals surface area contributed by atoms with Gasteiger partial charge in [0, 0.05) is 26.0 Å². The summed E-state index contributed by atoms with van der Waals surface area (Å²) in [5, 5.41) is 7.85. The summed E-state index contributed by atoms with van der Waals surface area (Å²) in [6.07, 6.45) is 3.95. The van der Waals surface area contributed by atoms with Gasteiger partial charge in [-0.1, -0.05) is 0 Å². The van der Waals surface area contributed by atoms with Crippen LogP contribution in [-0.2, 0) is 17.1 Å². The van der Waals surface area contributed by atoms with E-state index in [1.165, 1.54) is 0 Å². The number of nitrogens with two attached hydrogens (primary N) is 1. The Kier molecular flexibility index (Phi) is 3.48. The fourth-order valence-corrected chi connectivity index (χ4v) is 1.56. The van der Waals surface area contributed by atoms with E-state index in [1.54, 1.807) is 6.20 Å². The van der Waals surface area contributed by atoms with E-state index in [4.69, 9.17) is 5.14 Å². The lowest BCUT2D eigenvalue weighted by molar-refractivity contribution is 0.595. The smallest absolute Gasteiger partial charge is 0.209 e. The van der Waals surface area contributed by atoms with Crippen molar-refractivity contribution in [2.45, 2.75) is 6.42 Å². The fourth-order valence-electron chi connectivity index (χ4n) is 1.01. The van der Waals surface area contributed by atoms with E-state index in [0.717, 1.165) is 5.95 Å². The molecule has 1 heterocycles. The predicted molar refractivity (Wildman–Crippen MR) is 54.3 cm³/mol. The SMILES string of the molecule is Cn1ccnc1NCCCS(N)(=O)=O. The molecule has 0 bridgehead atoms. The van der Waals surface area contributed by atoms with E-state index in [9.17, 15) is 8.42 Å². The van der Waals surface area contributed by atoms with Crippen LogP contribution in [-0.4, -0.2) is 30.3 Å². The second-order valence-electron chi connectivity index (χ2n) is 3.01. The van der Waals surface area contributed by atoms with Crippen LogP contribution in [0.25, 0.3) is 0 Å². The standard InChI is InChI=1S/C7H14N4O2S/c1-11-5-4-10-7(11)9-3-2-6-14(8,12)13/h4-5H,2-3,6H2,1H3,(H,9,10)(H2,8,12,13). The molecule has 80 valence electrons. The lowest BCUT2D eigenvalue weighted by Gasteiger charge is -2.04. The number of hydrogen-bond donors (Lipinski definition) is 2. The molecule has 1 rings (SSSR count). The molecule has 0 unspecified atom stereocenters. The van der Waals surface area contributed by atoms with Crippen molar-refractivity contribution < 1.29 is 8.42 Å². The van der Waals surface area contributed by atoms with Gasteiger partial charge in [0.15, 0.2) is 0 Å². The van der Waals surface area contributed by atoms with Crippen molar-refractivity contribution in [2.24, 2.45) is 12.2 Å². The van der Waals surface area contributed by atoms with Crippen LogP contribution in [0.2, 0.25) is 0 Å². The van der Waals surface area contributed by atoms with Gasteiger partial charge in [-0.05, 0) is 6.42 Å². The van der Waals surface area contributed by atoms with E-state index in [-0.39, 0.29) is 5.75 Å². The van der Waals surface area contributed by atoms with Crippen LogP contribution in [0.3, 0.4) is 0 Å². The maximum atomic E-state index is 10.6. The second kappa shape index (κ2) is 4.43. The van der Waals surface area contributed by atoms with E-state index in [2.05, 4.69) is 10.3 Å². The number of aromatic nitrogens is 2. The molecule has 0 saturated heterocycles. The molecule has 1 aromatic heterocycles. The van der Waals surface area contributed by atoms with Crippen LogP contribution in [0.15, 0.2) is 12.4 Å². The van der Waals surface area contributed by atoms with Gasteiger partial charge in [-0.3, -0.25) is 0 Å². The summed E-state index contributed by atoms with van der Waals surface area (Å²) in [5.74, 6) is 0.712. The minimum Gasteiger partial charge on any atom is -0.356 e. The maximum Gasteiger partial charge on any atom is 0.209 e. The molecular formula is C7H14N4O2S. The average molecular weight is 218 g/mol. The molecule has 0 aliphatic heterocycles. The highest BCUT2D eigenvalue weighted by Gasteiger charge is 2.02. The van der Waals surface area contributed by atoms with E-state index in [0.29, 0.717) is 13.0 Å². The summed E-state index contributed by atoms with van der Waals surface area (Å²) < 4.78 is 23.0. The number of hydrogen-bond acceptors (Lipinski definition) is 4. The van der Waals surface area contributed by atoms with E-state index in [1.807, 2.05) is 17.8 Å². The van der Waals surface area contributed by atoms with Gasteiger partial charge in [-0.2, -0.15) is 0 Å². The summed E-state index contributed by atoms with van der Waals surface area (Å²) in [6, 6.07) is 0. The number of imidazole rings is 1. The third-order valence-electron chi connectivity index (χ3n) is 1.71. The highest BCUT2D eigenvalue weighted by Crippen LogP contribution is 2.00. The summed E-state index contributed by atoms with van der Waals surface area (Å²) in [4.78, 5) is 4.02. The average Bonchev–Trinajstić information content (AvgIpc) is 2.44. The first kappa shape index (κ1) is 11.0. The Hall–Kier alpha value is -1.08. The first-order valence-corrected chi connectivity index (χ1v) is 5.92. The van der Waals surface area contributed by atoms with Crippen molar-refractivity contribution in [1.82, 2.24) is 9.55 Å². The quantitative estimate of drug-likeness (QED) is 0.653. The molecule has 0 spiro atoms. The van der Waals surface area contributed by atoms with Gasteiger partial charge in [-0.25, -0.2) is 18.5 Å². The minimum absolute atomic E-state index is 0.00950. The zero-order valence-electron chi connectivity index (χ0n) is 7.97. The van der Waals surface area contributed by atoms with Gasteiger partial charge in [0.1, 0.15) is 0 Å². The van der Waals surface area contributed by atoms with Crippen LogP contribution in [0, 0.1) is 0 Å². The van der Waals surface area contributed by atoms with Crippen molar-refractivity contribution in [3.05, 3.63) is 12.4 Å². The normalized spacial score (nSPS) is 11.6. The Labute approximate surface area is 83.2 Å². The van der Waals surface area contributed by atoms with Gasteiger partial charge in [0.2, 0.25) is 16.0 Å². The molecule has 0 saturated carbocycles. The van der Waals surface area contributed by atoms with Crippen LogP contribution in [0.5, 0.6) is 0 Å². The number of rotatable bonds is 5. The number of primary sulfonamides is 1. The highest BCUT2D eigenvalue weighted by molar-refractivity contribution is 7.89. The molecule has 14 heavy (non-hydrogen) atoms. The molecular weight excluding hydrogens is 204 g/mol. The molecule has 0 amide bonds. The summed E-state index contributed by atoms with van der Waals surface area (Å²) in [6.45, 7) is 0.543. The first-order valence-electron chi connectivity index (χ1n) is 4.21. The highest BCUT2D eigenvalue weighted by atomic mass is 32.2. The Morgan fingerprint density at radius 3 is 2.86 bits per heavy atom. The molecule has 0 aromatic carbocycles. The number of sulfonamides is 1. The molecule has 0 fully saturated rings. The number of anilines is 1. The summed E-state index contributed by atoms with van der Waals surface area (Å²) in [7, 11) is -1.49. The molecule has 0 radical (unpaired) electrons. The van der Waals surface area contributed by atoms with E-state index >= 15 is 0 Å². The monoisotopic (exact) mass is 218 g/mol. The summed E-state index contributed by atoms with van der Waals surface area (Å²) in [5.41, 5.74) is 0. The third-order valence-corrected chi connectivity index (χ3v) is 2.57. The lowest BCUT2D eigenvalue weighted by Crippen LogP contribution is -2.19. The van der Waals surface area contributed by atoms with Crippen LogP contribution < -0.4 is 10.5 Å². The van der Waals surface area contributed by atoms with Gasteiger partial charge in [0.25, 0.3) is 0 Å². The number of aryl methyl sites for hydroxylation is 1. The molecule has 1 aromatic rings. The first-order chi connectivity index (χ1) is 6.49. The Bertz CT molecular complexity index is 384. The van der Waals surface area contributed by atoms with Crippen molar-refractivity contribution in [1.29, 1.82) is 0 Å². The number of nitrogens with zero attached hydrogens (tertiary/aromatic N) is 2. The minimum atomic E-state index is -3.34. The van der Waals surface area contributed by atoms with Gasteiger partial charge < -0.3 is 9.88 Å². The van der Waals surface area contributed by atoms with Crippen LogP contribution in [0.1, 0.15) is 6.42 Å². The fraction of sp³-hybridized carbons (Fsp3) is 0.571. The van der Waals surface area contributed by atoms with Crippen molar-refractivity contribution in [3.8, 4) is 0 Å². The predicted octanol–water partition coefficient (Wildman–Crippen LogP) is -0.489. The third kappa shape index (κ3) is 3.75. The van der Waals surface area contributed by atoms with Gasteiger partial charge in [0.05, 0.1) is 5.75 Å². The molecule has 0 atom stereocenters. The molecule has 0 aliphatic rings. The molecule has 6 nitrogen and oxygen atoms in total. The Morgan fingerprint density at radius 1 is 1.64 bits per heavy atom. The number of nitrogens with one attached hydrogen (secondary N) is 1. The molecule has 0 aliphatic carbocycles. The maximum absolute atomic E-state index is 10.6. The zero-order chi connectivity index (χ0) is 10.6. The van der Waals surface area contributed by atoms with Gasteiger partial charge in [-0.15, -0.1) is 0 Å².